The van der Waals surface area contributed by atoms with E-state index in [1.807, 2.05) is 12.3 Å². The number of rotatable bonds is 6. The first-order valence-electron chi connectivity index (χ1n) is 7.12. The summed E-state index contributed by atoms with van der Waals surface area (Å²) in [6.45, 7) is 5.56. The van der Waals surface area contributed by atoms with Gasteiger partial charge in [-0.05, 0) is 35.6 Å². The maximum absolute atomic E-state index is 9.98. The van der Waals surface area contributed by atoms with Crippen LogP contribution in [0.4, 0.5) is 0 Å². The molecule has 0 spiro atoms. The molecule has 0 fully saturated rings. The fourth-order valence-corrected chi connectivity index (χ4v) is 2.29. The van der Waals surface area contributed by atoms with E-state index in [-0.39, 0.29) is 5.75 Å². The number of fused-ring (bicyclic) bond motifs is 1. The third-order valence-electron chi connectivity index (χ3n) is 3.57. The van der Waals surface area contributed by atoms with Crippen LogP contribution in [0.5, 0.6) is 11.5 Å². The average molecular weight is 277 g/mol. The van der Waals surface area contributed by atoms with E-state index in [0.717, 1.165) is 18.4 Å². The van der Waals surface area contributed by atoms with Gasteiger partial charge in [-0.3, -0.25) is 4.99 Å². The quantitative estimate of drug-likeness (QED) is 0.813. The minimum atomic E-state index is 0.176. The van der Waals surface area contributed by atoms with Gasteiger partial charge in [0.1, 0.15) is 0 Å². The first kappa shape index (κ1) is 14.9. The minimum absolute atomic E-state index is 0.176. The molecule has 0 aromatic heterocycles. The van der Waals surface area contributed by atoms with Gasteiger partial charge in [0.15, 0.2) is 11.5 Å². The summed E-state index contributed by atoms with van der Waals surface area (Å²) in [6, 6.07) is 3.99. The first-order valence-corrected chi connectivity index (χ1v) is 7.12. The fourth-order valence-electron chi connectivity index (χ4n) is 2.29. The van der Waals surface area contributed by atoms with Crippen LogP contribution in [-0.4, -0.2) is 37.7 Å². The standard InChI is InChI=1S/C16H23NO3/c1-11(2)14-7-12-9-16(20-6-4-5-19-3)15(18)8-13(12)10-17-14/h8-11,14,18H,4-7H2,1-3H3. The van der Waals surface area contributed by atoms with E-state index in [2.05, 4.69) is 18.8 Å². The number of aromatic hydroxyl groups is 1. The maximum atomic E-state index is 9.98. The molecule has 1 aliphatic heterocycles. The summed E-state index contributed by atoms with van der Waals surface area (Å²) in [5, 5.41) is 9.98. The van der Waals surface area contributed by atoms with Gasteiger partial charge in [-0.2, -0.15) is 0 Å². The Morgan fingerprint density at radius 1 is 1.35 bits per heavy atom. The van der Waals surface area contributed by atoms with Gasteiger partial charge in [0, 0.05) is 26.4 Å². The average Bonchev–Trinajstić information content (AvgIpc) is 2.43. The van der Waals surface area contributed by atoms with Crippen molar-refractivity contribution < 1.29 is 14.6 Å². The highest BCUT2D eigenvalue weighted by Crippen LogP contribution is 2.32. The van der Waals surface area contributed by atoms with Crippen molar-refractivity contribution in [2.45, 2.75) is 32.7 Å². The molecule has 1 aromatic rings. The third-order valence-corrected chi connectivity index (χ3v) is 3.57. The van der Waals surface area contributed by atoms with Crippen LogP contribution < -0.4 is 4.74 Å². The lowest BCUT2D eigenvalue weighted by Crippen LogP contribution is -2.21. The summed E-state index contributed by atoms with van der Waals surface area (Å²) in [5.41, 5.74) is 2.18. The van der Waals surface area contributed by atoms with E-state index in [4.69, 9.17) is 9.47 Å². The van der Waals surface area contributed by atoms with E-state index < -0.39 is 0 Å². The van der Waals surface area contributed by atoms with Crippen molar-refractivity contribution in [2.24, 2.45) is 10.9 Å². The van der Waals surface area contributed by atoms with Crippen LogP contribution >= 0.6 is 0 Å². The molecule has 1 unspecified atom stereocenters. The van der Waals surface area contributed by atoms with Crippen molar-refractivity contribution in [1.29, 1.82) is 0 Å². The Hall–Kier alpha value is -1.55. The molecule has 0 radical (unpaired) electrons. The van der Waals surface area contributed by atoms with Crippen LogP contribution in [0.2, 0.25) is 0 Å². The van der Waals surface area contributed by atoms with Gasteiger partial charge in [0.2, 0.25) is 0 Å². The summed E-state index contributed by atoms with van der Waals surface area (Å²) in [7, 11) is 1.67. The van der Waals surface area contributed by atoms with Crippen molar-refractivity contribution in [3.8, 4) is 11.5 Å². The van der Waals surface area contributed by atoms with Crippen LogP contribution in [0.3, 0.4) is 0 Å². The van der Waals surface area contributed by atoms with E-state index >= 15 is 0 Å². The summed E-state index contributed by atoms with van der Waals surface area (Å²) in [6.07, 6.45) is 3.57. The van der Waals surface area contributed by atoms with Crippen LogP contribution in [0.15, 0.2) is 17.1 Å². The molecule has 4 heteroatoms. The first-order chi connectivity index (χ1) is 9.61. The van der Waals surface area contributed by atoms with Crippen molar-refractivity contribution in [3.05, 3.63) is 23.3 Å². The van der Waals surface area contributed by atoms with Gasteiger partial charge in [-0.25, -0.2) is 0 Å². The van der Waals surface area contributed by atoms with Gasteiger partial charge in [0.05, 0.1) is 12.6 Å². The van der Waals surface area contributed by atoms with Gasteiger partial charge in [-0.1, -0.05) is 13.8 Å². The Balaban J connectivity index is 2.09. The lowest BCUT2D eigenvalue weighted by Gasteiger charge is -2.22. The minimum Gasteiger partial charge on any atom is -0.504 e. The van der Waals surface area contributed by atoms with Gasteiger partial charge < -0.3 is 14.6 Å². The molecule has 0 aliphatic carbocycles. The Morgan fingerprint density at radius 2 is 2.15 bits per heavy atom. The van der Waals surface area contributed by atoms with Crippen molar-refractivity contribution >= 4 is 6.21 Å². The largest absolute Gasteiger partial charge is 0.504 e. The van der Waals surface area contributed by atoms with Crippen LogP contribution in [0.25, 0.3) is 0 Å². The molecule has 0 saturated carbocycles. The van der Waals surface area contributed by atoms with Gasteiger partial charge >= 0.3 is 0 Å². The third kappa shape index (κ3) is 3.51. The topological polar surface area (TPSA) is 51.0 Å². The molecule has 0 saturated heterocycles. The van der Waals surface area contributed by atoms with Crippen LogP contribution in [-0.2, 0) is 11.2 Å². The molecule has 110 valence electrons. The van der Waals surface area contributed by atoms with Crippen LogP contribution in [0.1, 0.15) is 31.4 Å². The van der Waals surface area contributed by atoms with Crippen molar-refractivity contribution in [2.75, 3.05) is 20.3 Å². The van der Waals surface area contributed by atoms with E-state index in [9.17, 15) is 5.11 Å². The van der Waals surface area contributed by atoms with E-state index in [0.29, 0.717) is 30.9 Å². The molecule has 20 heavy (non-hydrogen) atoms. The highest BCUT2D eigenvalue weighted by molar-refractivity contribution is 5.84. The fraction of sp³-hybridized carbons (Fsp3) is 0.562. The normalized spacial score (nSPS) is 17.3. The van der Waals surface area contributed by atoms with E-state index in [1.165, 1.54) is 5.56 Å². The zero-order valence-electron chi connectivity index (χ0n) is 12.4. The van der Waals surface area contributed by atoms with Crippen molar-refractivity contribution in [1.82, 2.24) is 0 Å². The number of phenols is 1. The molecule has 0 bridgehead atoms. The Labute approximate surface area is 120 Å². The van der Waals surface area contributed by atoms with Gasteiger partial charge in [0.25, 0.3) is 0 Å². The van der Waals surface area contributed by atoms with E-state index in [1.54, 1.807) is 13.2 Å². The predicted octanol–water partition coefficient (Wildman–Crippen LogP) is 2.81. The summed E-state index contributed by atoms with van der Waals surface area (Å²) in [4.78, 5) is 4.53. The number of ether oxygens (including phenoxy) is 2. The number of hydrogen-bond donors (Lipinski definition) is 1. The number of phenolic OH excluding ortho intramolecular Hbond substituents is 1. The summed E-state index contributed by atoms with van der Waals surface area (Å²) < 4.78 is 10.6. The number of hydrogen-bond acceptors (Lipinski definition) is 4. The lowest BCUT2D eigenvalue weighted by atomic mass is 9.91. The second-order valence-corrected chi connectivity index (χ2v) is 5.51. The lowest BCUT2D eigenvalue weighted by molar-refractivity contribution is 0.170. The molecule has 1 heterocycles. The number of aliphatic imine (C=N–C) groups is 1. The summed E-state index contributed by atoms with van der Waals surface area (Å²) in [5.74, 6) is 1.24. The molecule has 1 atom stereocenters. The smallest absolute Gasteiger partial charge is 0.161 e. The second-order valence-electron chi connectivity index (χ2n) is 5.51. The zero-order chi connectivity index (χ0) is 14.5. The Bertz CT molecular complexity index is 483. The predicted molar refractivity (Wildman–Crippen MR) is 80.0 cm³/mol. The SMILES string of the molecule is COCCCOc1cc2c(cc1O)C=NC(C(C)C)C2. The number of methoxy groups -OCH3 is 1. The molecular formula is C16H23NO3. The number of nitrogens with zero attached hydrogens (tertiary/aromatic N) is 1. The highest BCUT2D eigenvalue weighted by Gasteiger charge is 2.20. The molecule has 0 amide bonds. The Kier molecular flexibility index (Phi) is 5.01. The summed E-state index contributed by atoms with van der Waals surface area (Å²) >= 11 is 0. The molecule has 1 aromatic carbocycles. The number of benzene rings is 1. The second kappa shape index (κ2) is 6.75. The van der Waals surface area contributed by atoms with Gasteiger partial charge in [-0.15, -0.1) is 0 Å². The molecule has 1 aliphatic rings. The molecule has 1 N–H and O–H groups in total. The zero-order valence-corrected chi connectivity index (χ0v) is 12.4. The molecular weight excluding hydrogens is 254 g/mol. The van der Waals surface area contributed by atoms with Crippen LogP contribution in [0, 0.1) is 5.92 Å². The highest BCUT2D eigenvalue weighted by atomic mass is 16.5. The van der Waals surface area contributed by atoms with Crippen molar-refractivity contribution in [3.63, 3.8) is 0 Å². The molecule has 4 nitrogen and oxygen atoms in total. The monoisotopic (exact) mass is 277 g/mol. The Morgan fingerprint density at radius 3 is 2.85 bits per heavy atom. The maximum Gasteiger partial charge on any atom is 0.161 e. The molecule has 2 rings (SSSR count).